The molecule has 0 aliphatic carbocycles. The van der Waals surface area contributed by atoms with Crippen LogP contribution in [0, 0.1) is 11.3 Å². The number of rotatable bonds is 4. The normalized spacial score (nSPS) is 17.6. The third kappa shape index (κ3) is 8.47. The summed E-state index contributed by atoms with van der Waals surface area (Å²) in [5.74, 6) is 1.32. The second-order valence-corrected chi connectivity index (χ2v) is 11.5. The van der Waals surface area contributed by atoms with E-state index in [4.69, 9.17) is 9.72 Å². The smallest absolute Gasteiger partial charge is 0.410 e. The SMILES string of the molecule is CC(C)(C)OC(=O)N1CCN(c2ccc(Nc3nc(N4CCCCCCCCCC4)cnc3C#N)cc2)CC1. The van der Waals surface area contributed by atoms with E-state index in [2.05, 4.69) is 38.3 Å². The van der Waals surface area contributed by atoms with E-state index in [1.807, 2.05) is 32.9 Å². The average molecular weight is 534 g/mol. The minimum Gasteiger partial charge on any atom is -0.444 e. The first kappa shape index (κ1) is 28.5. The molecule has 1 N–H and O–H groups in total. The van der Waals surface area contributed by atoms with Gasteiger partial charge in [0.25, 0.3) is 0 Å². The fourth-order valence-corrected chi connectivity index (χ4v) is 5.07. The molecule has 1 aromatic heterocycles. The zero-order valence-corrected chi connectivity index (χ0v) is 23.8. The molecule has 1 aromatic carbocycles. The van der Waals surface area contributed by atoms with Gasteiger partial charge in [-0.2, -0.15) is 5.26 Å². The molecule has 4 rings (SSSR count). The maximum Gasteiger partial charge on any atom is 0.410 e. The van der Waals surface area contributed by atoms with Crippen LogP contribution >= 0.6 is 0 Å². The first-order chi connectivity index (χ1) is 18.8. The van der Waals surface area contributed by atoms with Crippen molar-refractivity contribution in [3.8, 4) is 6.07 Å². The van der Waals surface area contributed by atoms with Gasteiger partial charge in [0.1, 0.15) is 17.5 Å². The summed E-state index contributed by atoms with van der Waals surface area (Å²) in [5, 5.41) is 13.0. The van der Waals surface area contributed by atoms with Crippen molar-refractivity contribution in [1.82, 2.24) is 14.9 Å². The number of benzene rings is 1. The number of piperazine rings is 1. The van der Waals surface area contributed by atoms with Crippen LogP contribution in [0.1, 0.15) is 77.8 Å². The topological polar surface area (TPSA) is 97.6 Å². The number of carbonyl (C=O) groups is 1. The van der Waals surface area contributed by atoms with E-state index in [0.29, 0.717) is 24.6 Å². The van der Waals surface area contributed by atoms with Crippen molar-refractivity contribution in [2.24, 2.45) is 0 Å². The highest BCUT2D eigenvalue weighted by molar-refractivity contribution is 5.69. The Hall–Kier alpha value is -3.54. The molecular formula is C30H43N7O2. The van der Waals surface area contributed by atoms with Gasteiger partial charge >= 0.3 is 6.09 Å². The molecule has 9 heteroatoms. The monoisotopic (exact) mass is 533 g/mol. The minimum absolute atomic E-state index is 0.254. The van der Waals surface area contributed by atoms with Crippen LogP contribution < -0.4 is 15.1 Å². The summed E-state index contributed by atoms with van der Waals surface area (Å²) in [7, 11) is 0. The van der Waals surface area contributed by atoms with Gasteiger partial charge in [-0.15, -0.1) is 0 Å². The summed E-state index contributed by atoms with van der Waals surface area (Å²) in [4.78, 5) is 28.0. The Morgan fingerprint density at radius 2 is 1.46 bits per heavy atom. The van der Waals surface area contributed by atoms with Crippen LogP contribution in [0.2, 0.25) is 0 Å². The van der Waals surface area contributed by atoms with Crippen LogP contribution in [0.25, 0.3) is 0 Å². The van der Waals surface area contributed by atoms with Crippen molar-refractivity contribution < 1.29 is 9.53 Å². The fraction of sp³-hybridized carbons (Fsp3) is 0.600. The molecule has 2 aliphatic rings. The number of aromatic nitrogens is 2. The summed E-state index contributed by atoms with van der Waals surface area (Å²) in [6.45, 7) is 10.3. The lowest BCUT2D eigenvalue weighted by Gasteiger charge is -2.36. The van der Waals surface area contributed by atoms with Gasteiger partial charge in [-0.1, -0.05) is 38.5 Å². The number of amides is 1. The zero-order valence-electron chi connectivity index (χ0n) is 23.8. The van der Waals surface area contributed by atoms with Crippen molar-refractivity contribution in [3.63, 3.8) is 0 Å². The van der Waals surface area contributed by atoms with Gasteiger partial charge in [0.05, 0.1) is 6.20 Å². The van der Waals surface area contributed by atoms with E-state index < -0.39 is 5.60 Å². The van der Waals surface area contributed by atoms with Crippen LogP contribution in [0.4, 0.5) is 27.8 Å². The van der Waals surface area contributed by atoms with E-state index in [1.165, 1.54) is 38.5 Å². The van der Waals surface area contributed by atoms with E-state index >= 15 is 0 Å². The standard InChI is InChI=1S/C30H43N7O2/c1-30(2,3)39-29(38)37-20-18-35(19-21-37)25-14-12-24(13-15-25)33-28-26(22-31)32-23-27(34-28)36-16-10-8-6-4-5-7-9-11-17-36/h12-15,23H,4-11,16-21H2,1-3H3,(H,33,34). The van der Waals surface area contributed by atoms with E-state index in [0.717, 1.165) is 56.2 Å². The molecule has 0 radical (unpaired) electrons. The lowest BCUT2D eigenvalue weighted by atomic mass is 10.1. The van der Waals surface area contributed by atoms with E-state index in [9.17, 15) is 10.1 Å². The van der Waals surface area contributed by atoms with Crippen LogP contribution in [0.15, 0.2) is 30.5 Å². The lowest BCUT2D eigenvalue weighted by molar-refractivity contribution is 0.0240. The minimum atomic E-state index is -0.489. The maximum atomic E-state index is 12.4. The Labute approximate surface area is 233 Å². The Morgan fingerprint density at radius 1 is 0.872 bits per heavy atom. The molecule has 9 nitrogen and oxygen atoms in total. The number of carbonyl (C=O) groups excluding carboxylic acids is 1. The van der Waals surface area contributed by atoms with E-state index in [-0.39, 0.29) is 6.09 Å². The highest BCUT2D eigenvalue weighted by Gasteiger charge is 2.26. The van der Waals surface area contributed by atoms with Gasteiger partial charge in [0.2, 0.25) is 0 Å². The number of ether oxygens (including phenoxy) is 1. The molecule has 1 amide bonds. The first-order valence-corrected chi connectivity index (χ1v) is 14.4. The molecule has 0 saturated carbocycles. The molecule has 2 aliphatic heterocycles. The Kier molecular flexibility index (Phi) is 9.85. The van der Waals surface area contributed by atoms with Gasteiger partial charge < -0.3 is 24.8 Å². The van der Waals surface area contributed by atoms with Crippen LogP contribution in [0.5, 0.6) is 0 Å². The lowest BCUT2D eigenvalue weighted by Crippen LogP contribution is -2.50. The molecule has 39 heavy (non-hydrogen) atoms. The van der Waals surface area contributed by atoms with Crippen LogP contribution in [-0.4, -0.2) is 65.8 Å². The van der Waals surface area contributed by atoms with Crippen molar-refractivity contribution in [2.75, 3.05) is 54.4 Å². The molecule has 0 bridgehead atoms. The van der Waals surface area contributed by atoms with E-state index in [1.54, 1.807) is 11.1 Å². The summed E-state index contributed by atoms with van der Waals surface area (Å²) in [5.41, 5.74) is 1.75. The van der Waals surface area contributed by atoms with Crippen LogP contribution in [0.3, 0.4) is 0 Å². The summed E-state index contributed by atoms with van der Waals surface area (Å²) in [6.07, 6.45) is 11.6. The predicted octanol–water partition coefficient (Wildman–Crippen LogP) is 6.09. The maximum absolute atomic E-state index is 12.4. The Balaban J connectivity index is 1.38. The fourth-order valence-electron chi connectivity index (χ4n) is 5.07. The number of nitriles is 1. The molecule has 2 saturated heterocycles. The summed E-state index contributed by atoms with van der Waals surface area (Å²) in [6, 6.07) is 10.3. The van der Waals surface area contributed by atoms with Gasteiger partial charge in [-0.25, -0.2) is 14.8 Å². The Morgan fingerprint density at radius 3 is 2.03 bits per heavy atom. The summed E-state index contributed by atoms with van der Waals surface area (Å²) >= 11 is 0. The number of hydrogen-bond donors (Lipinski definition) is 1. The van der Waals surface area contributed by atoms with Crippen molar-refractivity contribution >= 4 is 29.1 Å². The van der Waals surface area contributed by atoms with Crippen molar-refractivity contribution in [3.05, 3.63) is 36.2 Å². The average Bonchev–Trinajstić information content (AvgIpc) is 2.99. The highest BCUT2D eigenvalue weighted by Crippen LogP contribution is 2.25. The zero-order chi connectivity index (χ0) is 27.7. The van der Waals surface area contributed by atoms with Gasteiger partial charge in [0.15, 0.2) is 11.5 Å². The molecule has 2 fully saturated rings. The molecular weight excluding hydrogens is 490 g/mol. The molecule has 0 spiro atoms. The molecule has 0 unspecified atom stereocenters. The number of nitrogens with one attached hydrogen (secondary N) is 1. The highest BCUT2D eigenvalue weighted by atomic mass is 16.6. The number of nitrogens with zero attached hydrogens (tertiary/aromatic N) is 6. The summed E-state index contributed by atoms with van der Waals surface area (Å²) < 4.78 is 5.51. The second kappa shape index (κ2) is 13.5. The largest absolute Gasteiger partial charge is 0.444 e. The van der Waals surface area contributed by atoms with Crippen molar-refractivity contribution in [2.45, 2.75) is 77.7 Å². The van der Waals surface area contributed by atoms with Gasteiger partial charge in [0, 0.05) is 50.6 Å². The second-order valence-electron chi connectivity index (χ2n) is 11.5. The number of hydrogen-bond acceptors (Lipinski definition) is 8. The van der Waals surface area contributed by atoms with Crippen LogP contribution in [-0.2, 0) is 4.74 Å². The number of anilines is 4. The Bertz CT molecular complexity index is 1100. The third-order valence-electron chi connectivity index (χ3n) is 7.22. The quantitative estimate of drug-likeness (QED) is 0.504. The van der Waals surface area contributed by atoms with Crippen molar-refractivity contribution in [1.29, 1.82) is 5.26 Å². The molecule has 3 heterocycles. The van der Waals surface area contributed by atoms with Gasteiger partial charge in [-0.05, 0) is 57.9 Å². The molecule has 210 valence electrons. The third-order valence-corrected chi connectivity index (χ3v) is 7.22. The molecule has 0 atom stereocenters. The van der Waals surface area contributed by atoms with Gasteiger partial charge in [-0.3, -0.25) is 0 Å². The molecule has 2 aromatic rings. The first-order valence-electron chi connectivity index (χ1n) is 14.4. The predicted molar refractivity (Wildman–Crippen MR) is 156 cm³/mol.